The highest BCUT2D eigenvalue weighted by Crippen LogP contribution is 2.35. The molecule has 0 saturated heterocycles. The molecule has 10 nitrogen and oxygen atoms in total. The third-order valence-corrected chi connectivity index (χ3v) is 10.7. The minimum absolute atomic E-state index is 0.0825. The van der Waals surface area contributed by atoms with Crippen LogP contribution in [0.1, 0.15) is 83.6 Å². The van der Waals surface area contributed by atoms with Crippen LogP contribution in [0.3, 0.4) is 0 Å². The summed E-state index contributed by atoms with van der Waals surface area (Å²) in [4.78, 5) is 56.9. The molecule has 2 amide bonds. The number of aromatic nitrogens is 3. The van der Waals surface area contributed by atoms with Crippen LogP contribution in [0.15, 0.2) is 57.9 Å². The first-order valence-electron chi connectivity index (χ1n) is 16.6. The molecule has 1 aliphatic heterocycles. The van der Waals surface area contributed by atoms with Gasteiger partial charge in [0.15, 0.2) is 6.73 Å². The highest BCUT2D eigenvalue weighted by molar-refractivity contribution is 9.10. The summed E-state index contributed by atoms with van der Waals surface area (Å²) in [5.74, 6) is -0.298. The minimum Gasteiger partial charge on any atom is -0.444 e. The zero-order valence-electron chi connectivity index (χ0n) is 28.3. The van der Waals surface area contributed by atoms with Gasteiger partial charge in [0.1, 0.15) is 5.65 Å². The lowest BCUT2D eigenvalue weighted by Gasteiger charge is -2.35. The zero-order valence-corrected chi connectivity index (χ0v) is 29.9. The van der Waals surface area contributed by atoms with Crippen LogP contribution in [0.25, 0.3) is 11.3 Å². The van der Waals surface area contributed by atoms with Crippen LogP contribution in [0.5, 0.6) is 0 Å². The van der Waals surface area contributed by atoms with Crippen LogP contribution in [-0.2, 0) is 28.9 Å². The van der Waals surface area contributed by atoms with Crippen molar-refractivity contribution in [1.29, 1.82) is 0 Å². The number of carbonyl (C=O) groups is 3. The molecule has 2 aromatic heterocycles. The molecule has 0 N–H and O–H groups in total. The Balaban J connectivity index is 1.33. The summed E-state index contributed by atoms with van der Waals surface area (Å²) in [6.07, 6.45) is 5.34. The molecule has 48 heavy (non-hydrogen) atoms. The Kier molecular flexibility index (Phi) is 9.35. The van der Waals surface area contributed by atoms with Crippen LogP contribution in [0.2, 0.25) is 0 Å². The summed E-state index contributed by atoms with van der Waals surface area (Å²) in [6.45, 7) is 9.75. The van der Waals surface area contributed by atoms with E-state index in [4.69, 9.17) is 9.84 Å². The van der Waals surface area contributed by atoms with Crippen molar-refractivity contribution in [2.24, 2.45) is 17.8 Å². The van der Waals surface area contributed by atoms with Crippen molar-refractivity contribution in [3.8, 4) is 5.69 Å². The lowest BCUT2D eigenvalue weighted by atomic mass is 9.98. The molecule has 252 valence electrons. The maximum Gasteiger partial charge on any atom is 0.310 e. The number of esters is 1. The molecule has 1 saturated carbocycles. The predicted molar refractivity (Wildman–Crippen MR) is 186 cm³/mol. The van der Waals surface area contributed by atoms with Crippen LogP contribution in [-0.4, -0.2) is 61.6 Å². The molecule has 1 fully saturated rings. The lowest BCUT2D eigenvalue weighted by Crippen LogP contribution is -2.46. The van der Waals surface area contributed by atoms with E-state index in [1.165, 1.54) is 4.90 Å². The van der Waals surface area contributed by atoms with Gasteiger partial charge < -0.3 is 14.5 Å². The van der Waals surface area contributed by atoms with Crippen molar-refractivity contribution >= 4 is 39.4 Å². The van der Waals surface area contributed by atoms with E-state index < -0.39 is 0 Å². The molecule has 2 aromatic carbocycles. The second-order valence-electron chi connectivity index (χ2n) is 13.7. The molecule has 1 aliphatic carbocycles. The molecule has 2 unspecified atom stereocenters. The van der Waals surface area contributed by atoms with E-state index in [1.54, 1.807) is 35.9 Å². The molecular formula is C37H42BrN5O5. The van der Waals surface area contributed by atoms with Crippen molar-refractivity contribution in [2.75, 3.05) is 13.8 Å². The van der Waals surface area contributed by atoms with Gasteiger partial charge in [-0.3, -0.25) is 23.7 Å². The quantitative estimate of drug-likeness (QED) is 0.156. The maximum absolute atomic E-state index is 14.4. The molecule has 0 bridgehead atoms. The second-order valence-corrected chi connectivity index (χ2v) is 14.6. The van der Waals surface area contributed by atoms with Gasteiger partial charge in [-0.1, -0.05) is 36.7 Å². The van der Waals surface area contributed by atoms with Gasteiger partial charge >= 0.3 is 5.97 Å². The number of halogens is 1. The number of hydrogen-bond acceptors (Lipinski definition) is 6. The van der Waals surface area contributed by atoms with E-state index in [1.807, 2.05) is 68.4 Å². The fourth-order valence-electron chi connectivity index (χ4n) is 6.21. The SMILES string of the molecule is Cc1cc(C(=O)N2Cc3c(c(=O)n(-c4ccc(C(=O)N(C)COC(=O)C(C)C(C)C)cc4)c4c(CC5CC5)cnn34)CC2C)ccc1Br. The largest absolute Gasteiger partial charge is 0.444 e. The van der Waals surface area contributed by atoms with Gasteiger partial charge in [-0.05, 0) is 99.4 Å². The summed E-state index contributed by atoms with van der Waals surface area (Å²) in [5.41, 5.74) is 5.50. The van der Waals surface area contributed by atoms with Gasteiger partial charge in [0.2, 0.25) is 0 Å². The van der Waals surface area contributed by atoms with E-state index in [9.17, 15) is 19.2 Å². The molecular weight excluding hydrogens is 674 g/mol. The molecule has 0 radical (unpaired) electrons. The third kappa shape index (κ3) is 6.44. The van der Waals surface area contributed by atoms with Gasteiger partial charge in [-0.2, -0.15) is 5.10 Å². The van der Waals surface area contributed by atoms with Crippen LogP contribution in [0.4, 0.5) is 0 Å². The Labute approximate surface area is 288 Å². The minimum atomic E-state index is -0.344. The molecule has 2 aliphatic rings. The zero-order chi connectivity index (χ0) is 34.4. The maximum atomic E-state index is 14.4. The fraction of sp³-hybridized carbons (Fsp3) is 0.432. The van der Waals surface area contributed by atoms with Gasteiger partial charge in [-0.25, -0.2) is 4.52 Å². The normalized spacial score (nSPS) is 16.6. The van der Waals surface area contributed by atoms with E-state index in [2.05, 4.69) is 15.9 Å². The molecule has 6 rings (SSSR count). The summed E-state index contributed by atoms with van der Waals surface area (Å²) in [7, 11) is 1.59. The van der Waals surface area contributed by atoms with Gasteiger partial charge in [0.05, 0.1) is 30.0 Å². The summed E-state index contributed by atoms with van der Waals surface area (Å²) < 4.78 is 9.86. The van der Waals surface area contributed by atoms with E-state index >= 15 is 0 Å². The smallest absolute Gasteiger partial charge is 0.310 e. The lowest BCUT2D eigenvalue weighted by molar-refractivity contribution is -0.152. The monoisotopic (exact) mass is 715 g/mol. The van der Waals surface area contributed by atoms with Crippen molar-refractivity contribution in [2.45, 2.75) is 72.9 Å². The number of rotatable bonds is 9. The first-order chi connectivity index (χ1) is 22.8. The molecule has 4 aromatic rings. The van der Waals surface area contributed by atoms with Crippen LogP contribution in [0, 0.1) is 24.7 Å². The molecule has 2 atom stereocenters. The Morgan fingerprint density at radius 2 is 1.75 bits per heavy atom. The van der Waals surface area contributed by atoms with Crippen LogP contribution >= 0.6 is 15.9 Å². The third-order valence-electron chi connectivity index (χ3n) is 9.81. The number of carbonyl (C=O) groups excluding carboxylic acids is 3. The topological polar surface area (TPSA) is 106 Å². The van der Waals surface area contributed by atoms with E-state index in [0.717, 1.165) is 40.6 Å². The number of ether oxygens (including phenoxy) is 1. The van der Waals surface area contributed by atoms with E-state index in [-0.39, 0.29) is 54.5 Å². The Morgan fingerprint density at radius 1 is 1.06 bits per heavy atom. The Hall–Kier alpha value is -4.25. The summed E-state index contributed by atoms with van der Waals surface area (Å²) >= 11 is 3.52. The first kappa shape index (κ1) is 33.6. The van der Waals surface area contributed by atoms with E-state index in [0.29, 0.717) is 40.4 Å². The highest BCUT2D eigenvalue weighted by Gasteiger charge is 2.34. The number of nitrogens with zero attached hydrogens (tertiary/aromatic N) is 5. The fourth-order valence-corrected chi connectivity index (χ4v) is 6.46. The first-order valence-corrected chi connectivity index (χ1v) is 17.4. The number of aryl methyl sites for hydroxylation is 1. The molecule has 11 heteroatoms. The number of benzene rings is 2. The molecule has 3 heterocycles. The second kappa shape index (κ2) is 13.3. The van der Waals surface area contributed by atoms with Crippen molar-refractivity contribution in [1.82, 2.24) is 24.0 Å². The molecule has 0 spiro atoms. The van der Waals surface area contributed by atoms with Gasteiger partial charge in [-0.15, -0.1) is 0 Å². The van der Waals surface area contributed by atoms with Crippen molar-refractivity contribution in [3.05, 3.63) is 97.0 Å². The van der Waals surface area contributed by atoms with Crippen molar-refractivity contribution in [3.63, 3.8) is 0 Å². The number of fused-ring (bicyclic) bond motifs is 3. The summed E-state index contributed by atoms with van der Waals surface area (Å²) in [5, 5.41) is 4.79. The highest BCUT2D eigenvalue weighted by atomic mass is 79.9. The standard InChI is InChI=1S/C37H42BrN5O5/c1-21(2)24(5)37(47)48-20-40(6)34(44)26-9-12-29(13-10-26)42-33-28(17-25-7-8-25)18-39-43(33)32-19-41(23(4)16-30(32)36(42)46)35(45)27-11-14-31(38)22(3)15-27/h9-15,18,21,23-25H,7-8,16-17,19-20H2,1-6H3. The Morgan fingerprint density at radius 3 is 2.40 bits per heavy atom. The van der Waals surface area contributed by atoms with Gasteiger partial charge in [0, 0.05) is 39.8 Å². The average molecular weight is 717 g/mol. The number of amides is 2. The summed E-state index contributed by atoms with van der Waals surface area (Å²) in [6, 6.07) is 12.3. The van der Waals surface area contributed by atoms with Crippen molar-refractivity contribution < 1.29 is 19.1 Å². The predicted octanol–water partition coefficient (Wildman–Crippen LogP) is 5.96. The Bertz CT molecular complexity index is 1960. The number of hydrogen-bond donors (Lipinski definition) is 0. The average Bonchev–Trinajstić information content (AvgIpc) is 3.81. The van der Waals surface area contributed by atoms with Gasteiger partial charge in [0.25, 0.3) is 17.4 Å². The van der Waals surface area contributed by atoms with Crippen LogP contribution < -0.4 is 5.56 Å².